The van der Waals surface area contributed by atoms with Crippen LogP contribution in [0.5, 0.6) is 0 Å². The number of hydrogen-bond acceptors (Lipinski definition) is 7. The Morgan fingerprint density at radius 2 is 2.00 bits per heavy atom. The van der Waals surface area contributed by atoms with Crippen LogP contribution in [-0.2, 0) is 14.8 Å². The summed E-state index contributed by atoms with van der Waals surface area (Å²) in [6.45, 7) is 6.65. The van der Waals surface area contributed by atoms with Gasteiger partial charge in [-0.3, -0.25) is 10.1 Å². The van der Waals surface area contributed by atoms with Gasteiger partial charge < -0.3 is 14.7 Å². The fourth-order valence-electron chi connectivity index (χ4n) is 3.20. The van der Waals surface area contributed by atoms with Crippen molar-refractivity contribution in [3.63, 3.8) is 0 Å². The molecule has 0 spiro atoms. The zero-order chi connectivity index (χ0) is 21.8. The molecule has 0 radical (unpaired) electrons. The van der Waals surface area contributed by atoms with Crippen LogP contribution in [-0.4, -0.2) is 72.1 Å². The minimum absolute atomic E-state index is 0.0226. The fraction of sp³-hybridized carbons (Fsp3) is 0.500. The zero-order valence-electron chi connectivity index (χ0n) is 16.3. The van der Waals surface area contributed by atoms with Crippen molar-refractivity contribution >= 4 is 21.8 Å². The van der Waals surface area contributed by atoms with E-state index in [1.165, 1.54) is 11.0 Å². The number of sulfonamides is 1. The number of aliphatic hydroxyl groups is 1. The minimum Gasteiger partial charge on any atom is -0.445 e. The number of non-ortho nitro benzene ring substituents is 1. The maximum Gasteiger partial charge on any atom is 0.410 e. The normalized spacial score (nSPS) is 20.5. The van der Waals surface area contributed by atoms with Gasteiger partial charge in [0.15, 0.2) is 0 Å². The van der Waals surface area contributed by atoms with Gasteiger partial charge in [0, 0.05) is 25.2 Å². The number of nitrogens with zero attached hydrogens (tertiary/aromatic N) is 3. The van der Waals surface area contributed by atoms with Gasteiger partial charge in [-0.15, -0.1) is 0 Å². The third kappa shape index (κ3) is 4.92. The monoisotopic (exact) mass is 427 g/mol. The Bertz CT molecular complexity index is 855. The SMILES string of the molecule is C=CCOC(=O)N1C[C@@H](CO)N(S(=O)(=O)c2ccc([N+](=O)[O-])cc2)C[C@@H]1C(C)C. The highest BCUT2D eigenvalue weighted by molar-refractivity contribution is 7.89. The summed E-state index contributed by atoms with van der Waals surface area (Å²) in [6, 6.07) is 3.21. The van der Waals surface area contributed by atoms with E-state index >= 15 is 0 Å². The number of aliphatic hydroxyl groups excluding tert-OH is 1. The second-order valence-corrected chi connectivity index (χ2v) is 8.88. The number of benzene rings is 1. The predicted molar refractivity (Wildman–Crippen MR) is 105 cm³/mol. The average molecular weight is 427 g/mol. The molecule has 1 aromatic rings. The molecule has 0 unspecified atom stereocenters. The minimum atomic E-state index is -4.04. The Balaban J connectivity index is 2.35. The number of carbonyl (C=O) groups excluding carboxylic acids is 1. The number of amides is 1. The van der Waals surface area contributed by atoms with Crippen molar-refractivity contribution in [2.75, 3.05) is 26.3 Å². The van der Waals surface area contributed by atoms with Crippen molar-refractivity contribution in [3.8, 4) is 0 Å². The van der Waals surface area contributed by atoms with Crippen LogP contribution < -0.4 is 0 Å². The van der Waals surface area contributed by atoms with E-state index in [-0.39, 0.29) is 36.2 Å². The smallest absolute Gasteiger partial charge is 0.410 e. The molecule has 2 rings (SSSR count). The van der Waals surface area contributed by atoms with Crippen LogP contribution in [0.25, 0.3) is 0 Å². The van der Waals surface area contributed by atoms with E-state index in [1.807, 2.05) is 13.8 Å². The molecular formula is C18H25N3O7S. The van der Waals surface area contributed by atoms with E-state index in [9.17, 15) is 28.4 Å². The summed E-state index contributed by atoms with van der Waals surface area (Å²) in [5.41, 5.74) is -0.225. The maximum absolute atomic E-state index is 13.2. The summed E-state index contributed by atoms with van der Waals surface area (Å²) >= 11 is 0. The van der Waals surface area contributed by atoms with Crippen LogP contribution in [0, 0.1) is 16.0 Å². The van der Waals surface area contributed by atoms with E-state index < -0.39 is 39.7 Å². The number of hydrogen-bond donors (Lipinski definition) is 1. The highest BCUT2D eigenvalue weighted by Gasteiger charge is 2.43. The number of nitro benzene ring substituents is 1. The topological polar surface area (TPSA) is 130 Å². The standard InChI is InChI=1S/C18H25N3O7S/c1-4-9-28-18(23)19-10-15(12-22)20(11-17(19)13(2)3)29(26,27)16-7-5-14(6-8-16)21(24)25/h4-8,13,15,17,22H,1,9-12H2,2-3H3/t15-,17+/m0/s1. The summed E-state index contributed by atoms with van der Waals surface area (Å²) < 4.78 is 32.6. The predicted octanol–water partition coefficient (Wildman–Crippen LogP) is 1.61. The summed E-state index contributed by atoms with van der Waals surface area (Å²) in [7, 11) is -4.04. The summed E-state index contributed by atoms with van der Waals surface area (Å²) in [6.07, 6.45) is 0.829. The van der Waals surface area contributed by atoms with E-state index in [2.05, 4.69) is 6.58 Å². The van der Waals surface area contributed by atoms with E-state index in [1.54, 1.807) is 0 Å². The van der Waals surface area contributed by atoms with Crippen molar-refractivity contribution < 1.29 is 28.0 Å². The van der Waals surface area contributed by atoms with Crippen molar-refractivity contribution in [3.05, 3.63) is 47.0 Å². The molecule has 1 saturated heterocycles. The van der Waals surface area contributed by atoms with Crippen molar-refractivity contribution in [1.82, 2.24) is 9.21 Å². The Labute approximate surface area is 169 Å². The second-order valence-electron chi connectivity index (χ2n) is 6.99. The molecule has 1 N–H and O–H groups in total. The molecule has 0 saturated carbocycles. The molecule has 1 heterocycles. The molecule has 11 heteroatoms. The van der Waals surface area contributed by atoms with Crippen LogP contribution >= 0.6 is 0 Å². The molecule has 29 heavy (non-hydrogen) atoms. The fourth-order valence-corrected chi connectivity index (χ4v) is 4.82. The van der Waals surface area contributed by atoms with Gasteiger partial charge in [-0.1, -0.05) is 26.5 Å². The molecule has 1 aromatic carbocycles. The Morgan fingerprint density at radius 1 is 1.38 bits per heavy atom. The van der Waals surface area contributed by atoms with Gasteiger partial charge in [-0.25, -0.2) is 13.2 Å². The zero-order valence-corrected chi connectivity index (χ0v) is 17.1. The quantitative estimate of drug-likeness (QED) is 0.397. The third-order valence-electron chi connectivity index (χ3n) is 4.78. The Hall–Kier alpha value is -2.50. The molecule has 10 nitrogen and oxygen atoms in total. The molecule has 1 fully saturated rings. The molecule has 0 aromatic heterocycles. The van der Waals surface area contributed by atoms with Gasteiger partial charge >= 0.3 is 6.09 Å². The first-order valence-corrected chi connectivity index (χ1v) is 10.5. The second kappa shape index (κ2) is 9.33. The van der Waals surface area contributed by atoms with Gasteiger partial charge in [0.05, 0.1) is 28.5 Å². The summed E-state index contributed by atoms with van der Waals surface area (Å²) in [5.74, 6) is -0.0829. The van der Waals surface area contributed by atoms with Gasteiger partial charge in [-0.2, -0.15) is 4.31 Å². The van der Waals surface area contributed by atoms with Crippen molar-refractivity contribution in [2.24, 2.45) is 5.92 Å². The first-order chi connectivity index (χ1) is 13.6. The molecule has 2 atom stereocenters. The van der Waals surface area contributed by atoms with Crippen LogP contribution in [0.15, 0.2) is 41.8 Å². The van der Waals surface area contributed by atoms with E-state index in [4.69, 9.17) is 4.74 Å². The lowest BCUT2D eigenvalue weighted by atomic mass is 9.99. The lowest BCUT2D eigenvalue weighted by Gasteiger charge is -2.45. The molecule has 1 aliphatic heterocycles. The van der Waals surface area contributed by atoms with Gasteiger partial charge in [-0.05, 0) is 18.1 Å². The number of carbonyl (C=O) groups is 1. The lowest BCUT2D eigenvalue weighted by molar-refractivity contribution is -0.384. The molecular weight excluding hydrogens is 402 g/mol. The van der Waals surface area contributed by atoms with E-state index in [0.29, 0.717) is 0 Å². The molecule has 0 aliphatic carbocycles. The lowest BCUT2D eigenvalue weighted by Crippen LogP contribution is -2.63. The van der Waals surface area contributed by atoms with Gasteiger partial charge in [0.1, 0.15) is 6.61 Å². The number of piperazine rings is 1. The molecule has 1 amide bonds. The third-order valence-corrected chi connectivity index (χ3v) is 6.71. The summed E-state index contributed by atoms with van der Waals surface area (Å²) in [5, 5.41) is 20.6. The van der Waals surface area contributed by atoms with Crippen LogP contribution in [0.2, 0.25) is 0 Å². The van der Waals surface area contributed by atoms with Gasteiger partial charge in [0.25, 0.3) is 5.69 Å². The number of nitro groups is 1. The summed E-state index contributed by atoms with van der Waals surface area (Å²) in [4.78, 5) is 23.9. The average Bonchev–Trinajstić information content (AvgIpc) is 2.70. The van der Waals surface area contributed by atoms with Crippen LogP contribution in [0.4, 0.5) is 10.5 Å². The van der Waals surface area contributed by atoms with E-state index in [0.717, 1.165) is 28.6 Å². The Kier molecular flexibility index (Phi) is 7.33. The maximum atomic E-state index is 13.2. The first kappa shape index (κ1) is 22.8. The molecule has 1 aliphatic rings. The van der Waals surface area contributed by atoms with Crippen molar-refractivity contribution in [1.29, 1.82) is 0 Å². The number of rotatable bonds is 7. The molecule has 0 bridgehead atoms. The highest BCUT2D eigenvalue weighted by Crippen LogP contribution is 2.28. The number of ether oxygens (including phenoxy) is 1. The van der Waals surface area contributed by atoms with Gasteiger partial charge in [0.2, 0.25) is 10.0 Å². The van der Waals surface area contributed by atoms with Crippen LogP contribution in [0.3, 0.4) is 0 Å². The largest absolute Gasteiger partial charge is 0.445 e. The van der Waals surface area contributed by atoms with Crippen molar-refractivity contribution in [2.45, 2.75) is 30.8 Å². The molecule has 160 valence electrons. The first-order valence-electron chi connectivity index (χ1n) is 9.05. The Morgan fingerprint density at radius 3 is 2.48 bits per heavy atom. The van der Waals surface area contributed by atoms with Crippen LogP contribution in [0.1, 0.15) is 13.8 Å². The highest BCUT2D eigenvalue weighted by atomic mass is 32.2.